The summed E-state index contributed by atoms with van der Waals surface area (Å²) in [6, 6.07) is 85.5. The lowest BCUT2D eigenvalue weighted by molar-refractivity contribution is -0.203. The topological polar surface area (TPSA) is 148 Å². The first-order valence-corrected chi connectivity index (χ1v) is 41.4. The normalized spacial score (nSPS) is 25.0. The maximum absolute atomic E-state index is 7.30. The average Bonchev–Trinajstić information content (AvgIpc) is 0.671. The van der Waals surface area contributed by atoms with E-state index in [0.717, 1.165) is 111 Å². The summed E-state index contributed by atoms with van der Waals surface area (Å²) in [7, 11) is 13.4. The van der Waals surface area contributed by atoms with Gasteiger partial charge in [0.2, 0.25) is 0 Å². The van der Waals surface area contributed by atoms with E-state index in [-0.39, 0.29) is 54.3 Å². The molecule has 0 heterocycles. The van der Waals surface area contributed by atoms with Gasteiger partial charge in [0, 0.05) is 67.5 Å². The summed E-state index contributed by atoms with van der Waals surface area (Å²) in [5, 5.41) is 0.652. The Bertz CT molecular complexity index is 4770. The molecule has 0 N–H and O–H groups in total. The zero-order valence-electron chi connectivity index (χ0n) is 68.9. The molecule has 0 amide bonds. The van der Waals surface area contributed by atoms with Crippen molar-refractivity contribution in [1.82, 2.24) is 0 Å². The fourth-order valence-corrected chi connectivity index (χ4v) is 19.5. The van der Waals surface area contributed by atoms with Crippen molar-refractivity contribution in [1.29, 1.82) is 0 Å². The van der Waals surface area contributed by atoms with E-state index in [9.17, 15) is 0 Å². The molecule has 17 heteroatoms. The number of halogens is 1. The largest absolute Gasteiger partial charge is 0.359 e. The maximum atomic E-state index is 7.30. The zero-order chi connectivity index (χ0) is 81.0. The fourth-order valence-electron chi connectivity index (χ4n) is 19.2. The second-order valence-corrected chi connectivity index (χ2v) is 32.7. The van der Waals surface area contributed by atoms with Crippen LogP contribution in [0.2, 0.25) is 5.02 Å². The predicted octanol–water partition coefficient (Wildman–Crippen LogP) is 22.3. The van der Waals surface area contributed by atoms with E-state index in [4.69, 9.17) is 87.4 Å². The van der Waals surface area contributed by atoms with Gasteiger partial charge in [-0.1, -0.05) is 242 Å². The molecule has 0 radical (unpaired) electrons. The predicted molar refractivity (Wildman–Crippen MR) is 454 cm³/mol. The Labute approximate surface area is 695 Å². The number of rotatable bonds is 24. The summed E-state index contributed by atoms with van der Waals surface area (Å²) in [6.07, 6.45) is 11.1. The van der Waals surface area contributed by atoms with Gasteiger partial charge in [-0.2, -0.15) is 0 Å². The highest BCUT2D eigenvalue weighted by Gasteiger charge is 2.51. The van der Waals surface area contributed by atoms with Gasteiger partial charge >= 0.3 is 0 Å². The molecule has 26 aliphatic rings. The number of hydrogen-bond acceptors (Lipinski definition) is 16. The van der Waals surface area contributed by atoms with E-state index in [1.165, 1.54) is 0 Å². The molecule has 16 nitrogen and oxygen atoms in total. The highest BCUT2D eigenvalue weighted by Crippen LogP contribution is 2.56. The number of ether oxygens (including phenoxy) is 16. The first kappa shape index (κ1) is 83.9. The van der Waals surface area contributed by atoms with Gasteiger partial charge in [0.05, 0.1) is 44.8 Å². The molecule has 0 spiro atoms. The summed E-state index contributed by atoms with van der Waals surface area (Å²) in [5.41, 5.74) is 16.6. The van der Waals surface area contributed by atoms with Crippen molar-refractivity contribution < 1.29 is 75.8 Å². The van der Waals surface area contributed by atoms with Crippen LogP contribution in [0.15, 0.2) is 237 Å². The Kier molecular flexibility index (Phi) is 26.7. The number of methoxy groups -OCH3 is 8. The highest BCUT2D eigenvalue weighted by atomic mass is 35.5. The Morgan fingerprint density at radius 1 is 0.179 bits per heavy atom. The lowest BCUT2D eigenvalue weighted by Gasteiger charge is -2.46. The van der Waals surface area contributed by atoms with Crippen LogP contribution in [-0.4, -0.2) is 111 Å². The van der Waals surface area contributed by atoms with Crippen molar-refractivity contribution in [2.24, 2.45) is 0 Å². The van der Waals surface area contributed by atoms with Crippen LogP contribution in [0.4, 0.5) is 0 Å². The molecule has 4 saturated carbocycles. The van der Waals surface area contributed by atoms with Crippen LogP contribution in [0.5, 0.6) is 0 Å². The summed E-state index contributed by atoms with van der Waals surface area (Å²) in [5.74, 6) is 0. The third kappa shape index (κ3) is 17.5. The van der Waals surface area contributed by atoms with Crippen LogP contribution in [0.3, 0.4) is 0 Å². The lowest BCUT2D eigenvalue weighted by atomic mass is 9.69. The first-order chi connectivity index (χ1) is 57.2. The van der Waals surface area contributed by atoms with Crippen molar-refractivity contribution in [2.45, 2.75) is 148 Å². The molecule has 0 aromatic heterocycles. The van der Waals surface area contributed by atoms with Crippen LogP contribution in [0.1, 0.15) is 147 Å². The van der Waals surface area contributed by atoms with Crippen molar-refractivity contribution in [2.75, 3.05) is 111 Å². The smallest absolute Gasteiger partial charge is 0.147 e. The molecule has 0 atom stereocenters. The van der Waals surface area contributed by atoms with E-state index in [2.05, 4.69) is 237 Å². The Balaban J connectivity index is 0.727. The van der Waals surface area contributed by atoms with Crippen molar-refractivity contribution >= 4 is 11.6 Å². The molecular weight excluding hydrogens is 1490 g/mol. The lowest BCUT2D eigenvalue weighted by Crippen LogP contribution is -2.43. The van der Waals surface area contributed by atoms with Gasteiger partial charge in [-0.25, -0.2) is 0 Å². The SMILES string of the molecule is COCOC12CCC(OCOC)(CC1)c1ccc(cc1)-c1ccc(cc1)C1(OCOC)CCC(OCOC)(CC1)c1ccc(cc1)-c1ccc(c(Cl)c1)-c1ccc(cc1)C1(OCOC)CCC(OCOC)(CC1)c1ccc(cc1)-c1ccc(cc1)C1(OCOC)CCC(OCOC)(CC1)c1ccc(cc1)-c1ccc(cc1)-c1ccc2cc1. The monoisotopic (exact) mass is 1600 g/mol. The molecule has 26 aliphatic carbocycles. The Hall–Kier alpha value is -8.15. The molecule has 614 valence electrons. The van der Waals surface area contributed by atoms with Gasteiger partial charge in [-0.3, -0.25) is 0 Å². The van der Waals surface area contributed by atoms with Gasteiger partial charge in [-0.15, -0.1) is 0 Å². The molecule has 10 aromatic carbocycles. The Morgan fingerprint density at radius 2 is 0.308 bits per heavy atom. The van der Waals surface area contributed by atoms with Crippen LogP contribution < -0.4 is 0 Å². The molecule has 4 fully saturated rings. The summed E-state index contributed by atoms with van der Waals surface area (Å²) in [4.78, 5) is 0. The number of hydrogen-bond donors (Lipinski definition) is 0. The molecule has 117 heavy (non-hydrogen) atoms. The summed E-state index contributed by atoms with van der Waals surface area (Å²) in [6.45, 7) is 1.22. The van der Waals surface area contributed by atoms with Crippen molar-refractivity contribution in [3.63, 3.8) is 0 Å². The van der Waals surface area contributed by atoms with Crippen molar-refractivity contribution in [3.05, 3.63) is 286 Å². The fraction of sp³-hybridized carbons (Fsp3) is 0.400. The molecule has 10 aromatic rings. The van der Waals surface area contributed by atoms with E-state index >= 15 is 0 Å². The molecule has 28 bridgehead atoms. The molecular formula is C100H111ClO16. The quantitative estimate of drug-likeness (QED) is 0.0528. The molecule has 36 rings (SSSR count). The van der Waals surface area contributed by atoms with Gasteiger partial charge in [0.25, 0.3) is 0 Å². The van der Waals surface area contributed by atoms with Crippen molar-refractivity contribution in [3.8, 4) is 66.8 Å². The minimum absolute atomic E-state index is 0.142. The van der Waals surface area contributed by atoms with Crippen LogP contribution in [0, 0.1) is 0 Å². The van der Waals surface area contributed by atoms with E-state index < -0.39 is 44.8 Å². The minimum atomic E-state index is -0.637. The maximum Gasteiger partial charge on any atom is 0.147 e. The van der Waals surface area contributed by atoms with E-state index in [0.29, 0.717) is 108 Å². The zero-order valence-corrected chi connectivity index (χ0v) is 69.7. The molecule has 0 aliphatic heterocycles. The van der Waals surface area contributed by atoms with Gasteiger partial charge < -0.3 is 75.8 Å². The first-order valence-electron chi connectivity index (χ1n) is 41.0. The Morgan fingerprint density at radius 3 is 0.453 bits per heavy atom. The van der Waals surface area contributed by atoms with Gasteiger partial charge in [0.15, 0.2) is 0 Å². The van der Waals surface area contributed by atoms with Gasteiger partial charge in [-0.05, 0) is 215 Å². The van der Waals surface area contributed by atoms with E-state index in [1.807, 2.05) is 0 Å². The molecule has 0 saturated heterocycles. The second-order valence-electron chi connectivity index (χ2n) is 32.3. The summed E-state index contributed by atoms with van der Waals surface area (Å²) >= 11 is 7.30. The molecule has 0 unspecified atom stereocenters. The second kappa shape index (κ2) is 37.2. The van der Waals surface area contributed by atoms with Crippen LogP contribution in [0.25, 0.3) is 66.8 Å². The average molecular weight is 1600 g/mol. The van der Waals surface area contributed by atoms with E-state index in [1.54, 1.807) is 56.9 Å². The van der Waals surface area contributed by atoms with Crippen LogP contribution >= 0.6 is 11.6 Å². The minimum Gasteiger partial charge on any atom is -0.359 e. The van der Waals surface area contributed by atoms with Gasteiger partial charge in [0.1, 0.15) is 54.3 Å². The third-order valence-electron chi connectivity index (χ3n) is 26.2. The summed E-state index contributed by atoms with van der Waals surface area (Å²) < 4.78 is 99.3. The number of benzene rings is 10. The van der Waals surface area contributed by atoms with Crippen LogP contribution in [-0.2, 0) is 121 Å². The highest BCUT2D eigenvalue weighted by molar-refractivity contribution is 6.33. The third-order valence-corrected chi connectivity index (χ3v) is 26.5. The standard InChI is InChI=1S/C100H111ClO16/c1-102-64-110-93-47-51-95(52-48-93,112-66-104-3)85-34-17-76(18-35-85)78-21-38-87(39-22-78)97(114-68-106-5)55-57-99(58-56-97,116-70-108-7)89-42-25-80(26-43-89)82-29-46-91(92(101)63-82)81-27-44-90(45-28-81)100(117-71-109-8)61-59-98(60-62-100,115-69-107-6)88-40-23-79(24-41-88)77-19-36-86(37-20-77)96(113-67-105-4)53-49-94(50-54-96,111-65-103-2)84-32-15-75(16-33-84)73-11-9-72(10-12-73)74-13-30-83(93)31-14-74/h9-46,63H,47-62,64-71H2,1-8H3.